The van der Waals surface area contributed by atoms with Gasteiger partial charge in [-0.15, -0.1) is 0 Å². The van der Waals surface area contributed by atoms with Crippen LogP contribution in [0.1, 0.15) is 12.2 Å². The maximum absolute atomic E-state index is 11.5. The fourth-order valence-corrected chi connectivity index (χ4v) is 3.14. The highest BCUT2D eigenvalue weighted by molar-refractivity contribution is 7.90. The number of nitrogens with zero attached hydrogens (tertiary/aromatic N) is 4. The molecule has 0 aliphatic carbocycles. The van der Waals surface area contributed by atoms with Crippen molar-refractivity contribution in [1.29, 1.82) is 0 Å². The Morgan fingerprint density at radius 2 is 2.24 bits per heavy atom. The van der Waals surface area contributed by atoms with Gasteiger partial charge in [-0.3, -0.25) is 0 Å². The van der Waals surface area contributed by atoms with Crippen LogP contribution >= 0.6 is 11.6 Å². The number of fused-ring (bicyclic) bond motifs is 1. The van der Waals surface area contributed by atoms with Gasteiger partial charge >= 0.3 is 0 Å². The van der Waals surface area contributed by atoms with E-state index in [1.165, 1.54) is 12.3 Å². The topological polar surface area (TPSA) is 89.8 Å². The summed E-state index contributed by atoms with van der Waals surface area (Å²) in [4.78, 5) is 8.43. The number of hydrogen-bond acceptors (Lipinski definition) is 6. The fraction of sp³-hybridized carbons (Fsp3) is 0.417. The van der Waals surface area contributed by atoms with E-state index in [0.29, 0.717) is 10.8 Å². The molecule has 0 saturated carbocycles. The molecule has 2 aromatic rings. The van der Waals surface area contributed by atoms with E-state index in [4.69, 9.17) is 11.6 Å². The summed E-state index contributed by atoms with van der Waals surface area (Å²) in [5.41, 5.74) is 0. The van der Waals surface area contributed by atoms with Crippen molar-refractivity contribution in [3.63, 3.8) is 0 Å². The summed E-state index contributed by atoms with van der Waals surface area (Å²) in [5.74, 6) is 1.41. The van der Waals surface area contributed by atoms with Crippen LogP contribution in [0.2, 0.25) is 5.02 Å². The zero-order chi connectivity index (χ0) is 15.0. The molecule has 0 amide bonds. The molecule has 21 heavy (non-hydrogen) atoms. The second-order valence-corrected chi connectivity index (χ2v) is 7.43. The molecular weight excluding hydrogens is 314 g/mol. The van der Waals surface area contributed by atoms with Crippen molar-refractivity contribution in [1.82, 2.24) is 19.7 Å². The molecule has 1 aliphatic rings. The van der Waals surface area contributed by atoms with Crippen LogP contribution in [0.25, 0.3) is 0 Å². The normalized spacial score (nSPS) is 18.3. The first-order valence-electron chi connectivity index (χ1n) is 6.42. The van der Waals surface area contributed by atoms with Gasteiger partial charge in [0.1, 0.15) is 18.0 Å². The Hall–Kier alpha value is -1.67. The number of aromatic nitrogens is 4. The Bertz CT molecular complexity index is 774. The van der Waals surface area contributed by atoms with Gasteiger partial charge in [-0.1, -0.05) is 11.6 Å². The van der Waals surface area contributed by atoms with Crippen LogP contribution in [-0.2, 0) is 22.8 Å². The van der Waals surface area contributed by atoms with Crippen LogP contribution in [0.3, 0.4) is 0 Å². The summed E-state index contributed by atoms with van der Waals surface area (Å²) in [7, 11) is -3.30. The minimum Gasteiger partial charge on any atom is -0.366 e. The van der Waals surface area contributed by atoms with Crippen molar-refractivity contribution in [3.05, 3.63) is 29.4 Å². The molecule has 1 atom stereocenters. The summed E-state index contributed by atoms with van der Waals surface area (Å²) >= 11 is 6.11. The number of halogens is 1. The summed E-state index contributed by atoms with van der Waals surface area (Å²) in [6.07, 6.45) is 5.59. The minimum atomic E-state index is -3.30. The van der Waals surface area contributed by atoms with Gasteiger partial charge < -0.3 is 5.32 Å². The number of nitrogens with one attached hydrogen (secondary N) is 1. The van der Waals surface area contributed by atoms with Crippen LogP contribution in [0, 0.1) is 0 Å². The number of aryl methyl sites for hydroxylation is 1. The second kappa shape index (κ2) is 5.27. The zero-order valence-corrected chi connectivity index (χ0v) is 12.9. The van der Waals surface area contributed by atoms with E-state index >= 15 is 0 Å². The van der Waals surface area contributed by atoms with Gasteiger partial charge in [0.2, 0.25) is 0 Å². The highest BCUT2D eigenvalue weighted by atomic mass is 35.5. The Balaban J connectivity index is 1.77. The van der Waals surface area contributed by atoms with Crippen LogP contribution in [0.5, 0.6) is 0 Å². The Morgan fingerprint density at radius 3 is 2.95 bits per heavy atom. The number of anilines is 1. The molecule has 7 nitrogen and oxygen atoms in total. The molecule has 3 heterocycles. The van der Waals surface area contributed by atoms with E-state index in [1.807, 2.05) is 4.68 Å². The van der Waals surface area contributed by atoms with Crippen molar-refractivity contribution in [2.75, 3.05) is 11.6 Å². The molecule has 1 aliphatic heterocycles. The molecule has 0 radical (unpaired) electrons. The first-order chi connectivity index (χ1) is 9.93. The number of rotatable bonds is 3. The third-order valence-corrected chi connectivity index (χ3v) is 4.77. The Labute approximate surface area is 127 Å². The van der Waals surface area contributed by atoms with Gasteiger partial charge in [-0.05, 0) is 12.5 Å². The summed E-state index contributed by atoms with van der Waals surface area (Å²) in [6, 6.07) is 1.56. The minimum absolute atomic E-state index is 0.112. The quantitative estimate of drug-likeness (QED) is 0.909. The molecule has 1 N–H and O–H groups in total. The predicted molar refractivity (Wildman–Crippen MR) is 78.1 cm³/mol. The Kier molecular flexibility index (Phi) is 3.58. The van der Waals surface area contributed by atoms with Crippen molar-refractivity contribution in [3.8, 4) is 0 Å². The fourth-order valence-electron chi connectivity index (χ4n) is 2.28. The molecule has 1 unspecified atom stereocenters. The molecule has 0 saturated heterocycles. The first kappa shape index (κ1) is 14.3. The standard InChI is InChI=1S/C12H14ClN5O2S/c1-21(19,20)9-5-10(13)12(14-6-9)17-8-2-3-18-11(4-8)15-7-16-18/h5-8H,2-4H2,1H3,(H,14,17). The maximum atomic E-state index is 11.5. The monoisotopic (exact) mass is 327 g/mol. The molecule has 0 spiro atoms. The van der Waals surface area contributed by atoms with E-state index in [-0.39, 0.29) is 10.9 Å². The van der Waals surface area contributed by atoms with Gasteiger partial charge in [0.05, 0.1) is 9.92 Å². The smallest absolute Gasteiger partial charge is 0.177 e. The number of sulfone groups is 1. The lowest BCUT2D eigenvalue weighted by molar-refractivity contribution is 0.448. The molecular formula is C12H14ClN5O2S. The predicted octanol–water partition coefficient (Wildman–Crippen LogP) is 1.16. The van der Waals surface area contributed by atoms with Crippen LogP contribution in [0.15, 0.2) is 23.5 Å². The first-order valence-corrected chi connectivity index (χ1v) is 8.69. The van der Waals surface area contributed by atoms with Crippen molar-refractivity contribution in [2.24, 2.45) is 0 Å². The molecule has 0 fully saturated rings. The lowest BCUT2D eigenvalue weighted by Crippen LogP contribution is -2.31. The van der Waals surface area contributed by atoms with E-state index < -0.39 is 9.84 Å². The average molecular weight is 328 g/mol. The Morgan fingerprint density at radius 1 is 1.43 bits per heavy atom. The van der Waals surface area contributed by atoms with Gasteiger partial charge in [-0.2, -0.15) is 5.10 Å². The molecule has 2 aromatic heterocycles. The third-order valence-electron chi connectivity index (χ3n) is 3.40. The molecule has 3 rings (SSSR count). The van der Waals surface area contributed by atoms with E-state index in [0.717, 1.165) is 31.5 Å². The lowest BCUT2D eigenvalue weighted by atomic mass is 10.1. The van der Waals surface area contributed by atoms with Crippen molar-refractivity contribution in [2.45, 2.75) is 30.3 Å². The SMILES string of the molecule is CS(=O)(=O)c1cnc(NC2CCn3ncnc3C2)c(Cl)c1. The highest BCUT2D eigenvalue weighted by Gasteiger charge is 2.21. The summed E-state index contributed by atoms with van der Waals surface area (Å²) in [6.45, 7) is 0.784. The van der Waals surface area contributed by atoms with Gasteiger partial charge in [0.15, 0.2) is 9.84 Å². The van der Waals surface area contributed by atoms with E-state index in [2.05, 4.69) is 20.4 Å². The summed E-state index contributed by atoms with van der Waals surface area (Å²) in [5, 5.41) is 7.66. The largest absolute Gasteiger partial charge is 0.366 e. The molecule has 0 bridgehead atoms. The molecule has 112 valence electrons. The van der Waals surface area contributed by atoms with E-state index in [9.17, 15) is 8.42 Å². The third kappa shape index (κ3) is 3.01. The highest BCUT2D eigenvalue weighted by Crippen LogP contribution is 2.25. The van der Waals surface area contributed by atoms with Crippen molar-refractivity contribution >= 4 is 27.3 Å². The van der Waals surface area contributed by atoms with Gasteiger partial charge in [0, 0.05) is 31.5 Å². The average Bonchev–Trinajstić information content (AvgIpc) is 2.87. The second-order valence-electron chi connectivity index (χ2n) is 5.01. The van der Waals surface area contributed by atoms with Gasteiger partial charge in [0.25, 0.3) is 0 Å². The maximum Gasteiger partial charge on any atom is 0.177 e. The zero-order valence-electron chi connectivity index (χ0n) is 11.3. The van der Waals surface area contributed by atoms with Crippen LogP contribution in [-0.4, -0.2) is 40.5 Å². The number of pyridine rings is 1. The summed E-state index contributed by atoms with van der Waals surface area (Å²) < 4.78 is 24.8. The lowest BCUT2D eigenvalue weighted by Gasteiger charge is -2.24. The number of hydrogen-bond donors (Lipinski definition) is 1. The molecule has 0 aromatic carbocycles. The van der Waals surface area contributed by atoms with Gasteiger partial charge in [-0.25, -0.2) is 23.1 Å². The van der Waals surface area contributed by atoms with Crippen LogP contribution < -0.4 is 5.32 Å². The molecule has 9 heteroatoms. The van der Waals surface area contributed by atoms with Crippen LogP contribution in [0.4, 0.5) is 5.82 Å². The van der Waals surface area contributed by atoms with Crippen molar-refractivity contribution < 1.29 is 8.42 Å². The van der Waals surface area contributed by atoms with E-state index in [1.54, 1.807) is 6.33 Å².